The van der Waals surface area contributed by atoms with E-state index in [1.165, 1.54) is 0 Å². The molecule has 2 aromatic carbocycles. The minimum Gasteiger partial charge on any atom is -0.443 e. The van der Waals surface area contributed by atoms with E-state index in [0.717, 1.165) is 9.80 Å². The fraction of sp³-hybridized carbons (Fsp3) is 0.304. The van der Waals surface area contributed by atoms with Crippen molar-refractivity contribution in [1.29, 1.82) is 0 Å². The number of hydrogen-bond acceptors (Lipinski definition) is 5. The molecule has 0 N–H and O–H groups in total. The number of amides is 4. The summed E-state index contributed by atoms with van der Waals surface area (Å²) in [7, 11) is 0. The summed E-state index contributed by atoms with van der Waals surface area (Å²) in [4.78, 5) is 54.9. The third kappa shape index (κ3) is 2.20. The van der Waals surface area contributed by atoms with Crippen LogP contribution in [-0.2, 0) is 24.5 Å². The van der Waals surface area contributed by atoms with Gasteiger partial charge in [0.1, 0.15) is 11.0 Å². The lowest BCUT2D eigenvalue weighted by atomic mass is 9.91. The highest BCUT2D eigenvalue weighted by atomic mass is 16.6. The summed E-state index contributed by atoms with van der Waals surface area (Å²) in [6, 6.07) is 15.5. The summed E-state index contributed by atoms with van der Waals surface area (Å²) in [5.41, 5.74) is -0.731. The number of carbonyl (C=O) groups is 4. The fourth-order valence-corrected chi connectivity index (χ4v) is 4.80. The predicted octanol–water partition coefficient (Wildman–Crippen LogP) is 3.03. The van der Waals surface area contributed by atoms with E-state index in [1.54, 1.807) is 75.4 Å². The van der Waals surface area contributed by atoms with E-state index in [9.17, 15) is 19.2 Å². The molecule has 5 rings (SSSR count). The third-order valence-corrected chi connectivity index (χ3v) is 5.92. The zero-order valence-corrected chi connectivity index (χ0v) is 16.8. The van der Waals surface area contributed by atoms with Gasteiger partial charge in [0.25, 0.3) is 0 Å². The third-order valence-electron chi connectivity index (χ3n) is 5.92. The first kappa shape index (κ1) is 18.5. The van der Waals surface area contributed by atoms with Gasteiger partial charge in [-0.15, -0.1) is 0 Å². The minimum absolute atomic E-state index is 0.373. The number of fused-ring (bicyclic) bond motifs is 5. The number of anilines is 2. The van der Waals surface area contributed by atoms with E-state index >= 15 is 0 Å². The largest absolute Gasteiger partial charge is 0.443 e. The van der Waals surface area contributed by atoms with Crippen LogP contribution in [0.4, 0.5) is 16.2 Å². The Morgan fingerprint density at radius 2 is 1.47 bits per heavy atom. The molecule has 2 heterocycles. The van der Waals surface area contributed by atoms with Crippen LogP contribution in [0.1, 0.15) is 26.3 Å². The van der Waals surface area contributed by atoms with Gasteiger partial charge in [0.15, 0.2) is 0 Å². The highest BCUT2D eigenvalue weighted by Gasteiger charge is 2.85. The van der Waals surface area contributed by atoms with E-state index in [2.05, 4.69) is 0 Å². The van der Waals surface area contributed by atoms with Crippen molar-refractivity contribution in [1.82, 2.24) is 0 Å². The van der Waals surface area contributed by atoms with E-state index in [-0.39, 0.29) is 0 Å². The average Bonchev–Trinajstić information content (AvgIpc) is 3.22. The van der Waals surface area contributed by atoms with Crippen molar-refractivity contribution in [3.63, 3.8) is 0 Å². The second kappa shape index (κ2) is 5.78. The molecule has 2 aromatic rings. The Bertz CT molecular complexity index is 1100. The second-order valence-corrected chi connectivity index (χ2v) is 8.81. The maximum atomic E-state index is 13.5. The van der Waals surface area contributed by atoms with Gasteiger partial charge in [-0.1, -0.05) is 36.4 Å². The number of ether oxygens (including phenoxy) is 1. The number of hydrogen-bond donors (Lipinski definition) is 0. The number of benzene rings is 2. The van der Waals surface area contributed by atoms with E-state index in [4.69, 9.17) is 4.74 Å². The van der Waals surface area contributed by atoms with Crippen LogP contribution < -0.4 is 9.80 Å². The molecule has 0 radical (unpaired) electrons. The van der Waals surface area contributed by atoms with Crippen molar-refractivity contribution < 1.29 is 23.9 Å². The van der Waals surface area contributed by atoms with E-state index < -0.39 is 46.7 Å². The van der Waals surface area contributed by atoms with Crippen molar-refractivity contribution in [2.45, 2.75) is 31.8 Å². The standard InChI is InChI=1S/C23H20N2O5/c1-22(2,3)30-21(29)25-15-12-8-7-11-14(15)23(20(25)28)16-17(23)19(27)24(18(16)26)13-9-5-4-6-10-13/h4-12,16-17H,1-3H3. The zero-order chi connectivity index (χ0) is 21.4. The molecule has 1 saturated heterocycles. The van der Waals surface area contributed by atoms with Crippen LogP contribution in [0, 0.1) is 11.8 Å². The second-order valence-electron chi connectivity index (χ2n) is 8.81. The number of carbonyl (C=O) groups excluding carboxylic acids is 4. The van der Waals surface area contributed by atoms with Crippen molar-refractivity contribution in [2.75, 3.05) is 9.80 Å². The summed E-state index contributed by atoms with van der Waals surface area (Å²) in [5, 5.41) is 0. The molecule has 7 heteroatoms. The van der Waals surface area contributed by atoms with Crippen molar-refractivity contribution >= 4 is 35.2 Å². The van der Waals surface area contributed by atoms with Gasteiger partial charge in [-0.3, -0.25) is 14.4 Å². The number of para-hydroxylation sites is 2. The molecule has 7 nitrogen and oxygen atoms in total. The Morgan fingerprint density at radius 1 is 0.900 bits per heavy atom. The first-order valence-electron chi connectivity index (χ1n) is 9.79. The Morgan fingerprint density at radius 3 is 2.07 bits per heavy atom. The molecule has 2 unspecified atom stereocenters. The number of piperidine rings is 1. The molecule has 4 amide bonds. The molecule has 2 atom stereocenters. The van der Waals surface area contributed by atoms with Gasteiger partial charge < -0.3 is 4.74 Å². The van der Waals surface area contributed by atoms with Gasteiger partial charge in [0.05, 0.1) is 23.2 Å². The highest BCUT2D eigenvalue weighted by Crippen LogP contribution is 2.69. The van der Waals surface area contributed by atoms with Crippen LogP contribution in [0.25, 0.3) is 0 Å². The smallest absolute Gasteiger partial charge is 0.421 e. The Hall–Kier alpha value is -3.48. The number of nitrogens with zero attached hydrogens (tertiary/aromatic N) is 2. The summed E-state index contributed by atoms with van der Waals surface area (Å²) in [5.74, 6) is -3.02. The molecule has 0 bridgehead atoms. The molecular formula is C23H20N2O5. The first-order chi connectivity index (χ1) is 14.2. The molecule has 152 valence electrons. The van der Waals surface area contributed by atoms with E-state index in [1.807, 2.05) is 0 Å². The SMILES string of the molecule is CC(C)(C)OC(=O)N1C(=O)C2(c3ccccc31)C1C(=O)N(c3ccccc3)C(=O)C12. The van der Waals surface area contributed by atoms with Gasteiger partial charge in [-0.25, -0.2) is 14.6 Å². The number of imide groups is 2. The number of rotatable bonds is 1. The van der Waals surface area contributed by atoms with Crippen LogP contribution in [0.15, 0.2) is 54.6 Å². The maximum Gasteiger partial charge on any atom is 0.421 e. The molecule has 2 fully saturated rings. The zero-order valence-electron chi connectivity index (χ0n) is 16.8. The van der Waals surface area contributed by atoms with Crippen LogP contribution in [-0.4, -0.2) is 29.4 Å². The lowest BCUT2D eigenvalue weighted by Gasteiger charge is -2.25. The van der Waals surface area contributed by atoms with Crippen LogP contribution in [0.2, 0.25) is 0 Å². The summed E-state index contributed by atoms with van der Waals surface area (Å²) >= 11 is 0. The van der Waals surface area contributed by atoms with E-state index in [0.29, 0.717) is 16.9 Å². The summed E-state index contributed by atoms with van der Waals surface area (Å²) < 4.78 is 5.42. The molecule has 2 aliphatic heterocycles. The summed E-state index contributed by atoms with van der Waals surface area (Å²) in [6.07, 6.45) is -0.804. The normalized spacial score (nSPS) is 26.8. The Labute approximate surface area is 173 Å². The Kier molecular flexibility index (Phi) is 3.57. The van der Waals surface area contributed by atoms with Gasteiger partial charge in [-0.05, 0) is 44.5 Å². The molecular weight excluding hydrogens is 384 g/mol. The quantitative estimate of drug-likeness (QED) is 0.682. The molecule has 1 spiro atoms. The minimum atomic E-state index is -1.33. The highest BCUT2D eigenvalue weighted by molar-refractivity contribution is 6.35. The van der Waals surface area contributed by atoms with Gasteiger partial charge in [-0.2, -0.15) is 0 Å². The van der Waals surface area contributed by atoms with Gasteiger partial charge in [0, 0.05) is 0 Å². The monoisotopic (exact) mass is 404 g/mol. The fourth-order valence-electron chi connectivity index (χ4n) is 4.80. The van der Waals surface area contributed by atoms with Crippen molar-refractivity contribution in [3.05, 3.63) is 60.2 Å². The molecule has 1 saturated carbocycles. The van der Waals surface area contributed by atoms with Crippen molar-refractivity contribution in [2.24, 2.45) is 11.8 Å². The first-order valence-corrected chi connectivity index (χ1v) is 9.79. The predicted molar refractivity (Wildman–Crippen MR) is 108 cm³/mol. The van der Waals surface area contributed by atoms with Gasteiger partial charge >= 0.3 is 6.09 Å². The lowest BCUT2D eigenvalue weighted by Crippen LogP contribution is -2.46. The van der Waals surface area contributed by atoms with Crippen LogP contribution in [0.3, 0.4) is 0 Å². The average molecular weight is 404 g/mol. The van der Waals surface area contributed by atoms with Crippen molar-refractivity contribution in [3.8, 4) is 0 Å². The summed E-state index contributed by atoms with van der Waals surface area (Å²) in [6.45, 7) is 5.14. The lowest BCUT2D eigenvalue weighted by molar-refractivity contribution is -0.129. The van der Waals surface area contributed by atoms with Crippen LogP contribution in [0.5, 0.6) is 0 Å². The molecule has 1 aliphatic carbocycles. The molecule has 0 aromatic heterocycles. The maximum absolute atomic E-state index is 13.5. The Balaban J connectivity index is 1.56. The van der Waals surface area contributed by atoms with Gasteiger partial charge in [0.2, 0.25) is 17.7 Å². The molecule has 3 aliphatic rings. The topological polar surface area (TPSA) is 84.0 Å². The van der Waals surface area contributed by atoms with Crippen LogP contribution >= 0.6 is 0 Å². The molecule has 30 heavy (non-hydrogen) atoms.